The van der Waals surface area contributed by atoms with Crippen LogP contribution in [0.25, 0.3) is 6.08 Å². The van der Waals surface area contributed by atoms with E-state index in [2.05, 4.69) is 6.92 Å². The molecular formula is C39H48N2O8. The first-order valence-electron chi connectivity index (χ1n) is 17.1. The van der Waals surface area contributed by atoms with Crippen LogP contribution in [0.1, 0.15) is 117 Å². The van der Waals surface area contributed by atoms with Crippen molar-refractivity contribution in [3.63, 3.8) is 0 Å². The van der Waals surface area contributed by atoms with Gasteiger partial charge in [-0.1, -0.05) is 77.3 Å². The predicted octanol–water partition coefficient (Wildman–Crippen LogP) is 8.44. The van der Waals surface area contributed by atoms with Crippen molar-refractivity contribution in [2.45, 2.75) is 97.2 Å². The molecule has 3 rings (SSSR count). The van der Waals surface area contributed by atoms with E-state index in [0.717, 1.165) is 32.1 Å². The Morgan fingerprint density at radius 1 is 0.633 bits per heavy atom. The minimum Gasteiger partial charge on any atom is -0.427 e. The number of nitrogens with two attached hydrogens (primary N) is 2. The number of nitrogen functional groups attached to an aromatic ring is 2. The Labute approximate surface area is 288 Å². The minimum absolute atomic E-state index is 0.171. The highest BCUT2D eigenvalue weighted by atomic mass is 16.7. The average molecular weight is 673 g/mol. The summed E-state index contributed by atoms with van der Waals surface area (Å²) in [5.41, 5.74) is 13.4. The zero-order valence-corrected chi connectivity index (χ0v) is 28.5. The van der Waals surface area contributed by atoms with Crippen LogP contribution in [0.3, 0.4) is 0 Å². The molecule has 0 amide bonds. The quantitative estimate of drug-likeness (QED) is 0.0298. The molecule has 10 heteroatoms. The summed E-state index contributed by atoms with van der Waals surface area (Å²) in [5, 5.41) is 0. The summed E-state index contributed by atoms with van der Waals surface area (Å²) < 4.78 is 21.8. The molecular weight excluding hydrogens is 624 g/mol. The van der Waals surface area contributed by atoms with E-state index in [0.29, 0.717) is 47.7 Å². The van der Waals surface area contributed by atoms with Crippen molar-refractivity contribution in [1.82, 2.24) is 0 Å². The molecule has 1 unspecified atom stereocenters. The number of rotatable bonds is 20. The molecule has 10 nitrogen and oxygen atoms in total. The smallest absolute Gasteiger partial charge is 0.341 e. The second kappa shape index (κ2) is 21.0. The molecule has 4 N–H and O–H groups in total. The third-order valence-electron chi connectivity index (χ3n) is 7.55. The Balaban J connectivity index is 1.55. The first kappa shape index (κ1) is 38.3. The summed E-state index contributed by atoms with van der Waals surface area (Å²) in [6, 6.07) is 17.1. The lowest BCUT2D eigenvalue weighted by Crippen LogP contribution is -2.25. The third kappa shape index (κ3) is 14.7. The number of hydrogen-bond donors (Lipinski definition) is 2. The van der Waals surface area contributed by atoms with Gasteiger partial charge in [0, 0.05) is 30.3 Å². The van der Waals surface area contributed by atoms with E-state index in [-0.39, 0.29) is 17.1 Å². The van der Waals surface area contributed by atoms with Gasteiger partial charge in [0.1, 0.15) is 11.5 Å². The van der Waals surface area contributed by atoms with Gasteiger partial charge in [-0.15, -0.1) is 0 Å². The van der Waals surface area contributed by atoms with E-state index >= 15 is 0 Å². The number of anilines is 2. The standard InChI is InChI=1S/C39H48N2O8/c1-3-5-7-8-9-10-11-12-14-37(49-39(45)30-25-31(40)27-32(41)26-30)48-38(44)29-18-15-28(16-19-29)17-24-36(43)47-34-22-20-33(21-23-34)46-35(42)13-6-4-2/h15-27,37H,3-14,40-41H2,1-2H3/b24-17+. The molecule has 3 aromatic carbocycles. The summed E-state index contributed by atoms with van der Waals surface area (Å²) in [5.74, 6) is -1.59. The molecule has 3 aromatic rings. The van der Waals surface area contributed by atoms with Crippen molar-refractivity contribution < 1.29 is 38.1 Å². The van der Waals surface area contributed by atoms with E-state index < -0.39 is 24.2 Å². The maximum Gasteiger partial charge on any atom is 0.341 e. The van der Waals surface area contributed by atoms with Gasteiger partial charge in [-0.2, -0.15) is 0 Å². The van der Waals surface area contributed by atoms with Crippen LogP contribution in [0, 0.1) is 0 Å². The highest BCUT2D eigenvalue weighted by Crippen LogP contribution is 2.21. The molecule has 0 saturated heterocycles. The Hall–Kier alpha value is -5.12. The Bertz CT molecular complexity index is 1510. The van der Waals surface area contributed by atoms with Crippen molar-refractivity contribution in [3.05, 3.63) is 89.5 Å². The number of hydrogen-bond acceptors (Lipinski definition) is 10. The molecule has 0 aromatic heterocycles. The molecule has 0 bridgehead atoms. The van der Waals surface area contributed by atoms with Gasteiger partial charge in [0.05, 0.1) is 11.1 Å². The van der Waals surface area contributed by atoms with Crippen LogP contribution in [0.5, 0.6) is 11.5 Å². The highest BCUT2D eigenvalue weighted by Gasteiger charge is 2.21. The van der Waals surface area contributed by atoms with Gasteiger partial charge < -0.3 is 30.4 Å². The molecule has 0 spiro atoms. The van der Waals surface area contributed by atoms with E-state index in [4.69, 9.17) is 30.4 Å². The summed E-state index contributed by atoms with van der Waals surface area (Å²) >= 11 is 0. The second-order valence-electron chi connectivity index (χ2n) is 11.8. The second-order valence-corrected chi connectivity index (χ2v) is 11.8. The van der Waals surface area contributed by atoms with Crippen molar-refractivity contribution in [2.24, 2.45) is 0 Å². The molecule has 1 atom stereocenters. The number of ether oxygens (including phenoxy) is 4. The van der Waals surface area contributed by atoms with Crippen LogP contribution in [0.2, 0.25) is 0 Å². The number of benzene rings is 3. The fourth-order valence-corrected chi connectivity index (χ4v) is 4.88. The van der Waals surface area contributed by atoms with E-state index in [1.165, 1.54) is 50.0 Å². The first-order valence-corrected chi connectivity index (χ1v) is 17.1. The van der Waals surface area contributed by atoms with Gasteiger partial charge in [-0.25, -0.2) is 14.4 Å². The van der Waals surface area contributed by atoms with Crippen LogP contribution < -0.4 is 20.9 Å². The normalized spacial score (nSPS) is 11.6. The van der Waals surface area contributed by atoms with Crippen molar-refractivity contribution in [1.29, 1.82) is 0 Å². The lowest BCUT2D eigenvalue weighted by atomic mass is 10.1. The molecule has 0 heterocycles. The molecule has 0 fully saturated rings. The van der Waals surface area contributed by atoms with Crippen LogP contribution >= 0.6 is 0 Å². The van der Waals surface area contributed by atoms with Crippen molar-refractivity contribution >= 4 is 41.3 Å². The maximum absolute atomic E-state index is 13.1. The zero-order chi connectivity index (χ0) is 35.4. The Morgan fingerprint density at radius 2 is 1.16 bits per heavy atom. The van der Waals surface area contributed by atoms with Gasteiger partial charge in [0.25, 0.3) is 0 Å². The van der Waals surface area contributed by atoms with Gasteiger partial charge in [0.15, 0.2) is 0 Å². The van der Waals surface area contributed by atoms with Gasteiger partial charge in [-0.05, 0) is 79.1 Å². The van der Waals surface area contributed by atoms with Gasteiger partial charge in [-0.3, -0.25) is 4.79 Å². The molecule has 262 valence electrons. The number of esters is 4. The van der Waals surface area contributed by atoms with Gasteiger partial charge in [0.2, 0.25) is 6.29 Å². The zero-order valence-electron chi connectivity index (χ0n) is 28.5. The van der Waals surface area contributed by atoms with Crippen molar-refractivity contribution in [2.75, 3.05) is 11.5 Å². The van der Waals surface area contributed by atoms with Crippen LogP contribution in [0.15, 0.2) is 72.8 Å². The van der Waals surface area contributed by atoms with Crippen LogP contribution in [-0.2, 0) is 19.1 Å². The largest absolute Gasteiger partial charge is 0.427 e. The van der Waals surface area contributed by atoms with E-state index in [1.54, 1.807) is 54.6 Å². The van der Waals surface area contributed by atoms with E-state index in [9.17, 15) is 19.2 Å². The Kier molecular flexibility index (Phi) is 16.4. The fourth-order valence-electron chi connectivity index (χ4n) is 4.88. The molecule has 0 aliphatic heterocycles. The molecule has 49 heavy (non-hydrogen) atoms. The lowest BCUT2D eigenvalue weighted by Gasteiger charge is -2.19. The average Bonchev–Trinajstić information content (AvgIpc) is 3.08. The summed E-state index contributed by atoms with van der Waals surface area (Å²) in [6.45, 7) is 4.18. The van der Waals surface area contributed by atoms with Crippen LogP contribution in [-0.4, -0.2) is 30.2 Å². The third-order valence-corrected chi connectivity index (χ3v) is 7.55. The maximum atomic E-state index is 13.1. The number of carbonyl (C=O) groups is 4. The van der Waals surface area contributed by atoms with Crippen molar-refractivity contribution in [3.8, 4) is 11.5 Å². The lowest BCUT2D eigenvalue weighted by molar-refractivity contribution is -0.134. The van der Waals surface area contributed by atoms with E-state index in [1.807, 2.05) is 6.92 Å². The monoisotopic (exact) mass is 672 g/mol. The topological polar surface area (TPSA) is 157 Å². The fraction of sp³-hybridized carbons (Fsp3) is 0.385. The molecule has 0 saturated carbocycles. The van der Waals surface area contributed by atoms with Gasteiger partial charge >= 0.3 is 23.9 Å². The summed E-state index contributed by atoms with van der Waals surface area (Å²) in [7, 11) is 0. The Morgan fingerprint density at radius 3 is 1.76 bits per heavy atom. The first-order chi connectivity index (χ1) is 23.7. The highest BCUT2D eigenvalue weighted by molar-refractivity contribution is 5.93. The minimum atomic E-state index is -1.10. The number of carbonyl (C=O) groups excluding carboxylic acids is 4. The summed E-state index contributed by atoms with van der Waals surface area (Å²) in [4.78, 5) is 50.1. The summed E-state index contributed by atoms with van der Waals surface area (Å²) in [6.07, 6.45) is 12.7. The molecule has 0 aliphatic carbocycles. The molecule has 0 aliphatic rings. The number of unbranched alkanes of at least 4 members (excludes halogenated alkanes) is 8. The SMILES string of the molecule is CCCCCCCCCCC(OC(=O)c1ccc(/C=C/C(=O)Oc2ccc(OC(=O)CCCC)cc2)cc1)OC(=O)c1cc(N)cc(N)c1. The molecule has 0 radical (unpaired) electrons. The predicted molar refractivity (Wildman–Crippen MR) is 190 cm³/mol. The van der Waals surface area contributed by atoms with Crippen LogP contribution in [0.4, 0.5) is 11.4 Å².